The molecule has 2 aliphatic heterocycles. The molecule has 2 aliphatic rings. The van der Waals surface area contributed by atoms with Crippen molar-refractivity contribution >= 4 is 12.0 Å². The van der Waals surface area contributed by atoms with Gasteiger partial charge in [0.05, 0.1) is 19.3 Å². The third kappa shape index (κ3) is 2.82. The lowest BCUT2D eigenvalue weighted by atomic mass is 9.85. The van der Waals surface area contributed by atoms with Crippen LogP contribution in [0.2, 0.25) is 0 Å². The molecule has 0 saturated carbocycles. The third-order valence-electron chi connectivity index (χ3n) is 3.99. The molecule has 0 spiro atoms. The topological polar surface area (TPSA) is 105 Å². The summed E-state index contributed by atoms with van der Waals surface area (Å²) >= 11 is 0. The first-order chi connectivity index (χ1) is 8.93. The zero-order valence-electron chi connectivity index (χ0n) is 11.1. The number of likely N-dealkylation sites (tertiary alicyclic amines) is 1. The Morgan fingerprint density at radius 2 is 2.26 bits per heavy atom. The number of hydrogen-bond acceptors (Lipinski definition) is 4. The van der Waals surface area contributed by atoms with Crippen molar-refractivity contribution < 1.29 is 19.4 Å². The smallest absolute Gasteiger partial charge is 0.317 e. The monoisotopic (exact) mass is 271 g/mol. The number of nitrogens with two attached hydrogens (primary N) is 1. The first-order valence-corrected chi connectivity index (χ1v) is 6.55. The van der Waals surface area contributed by atoms with Crippen LogP contribution >= 0.6 is 0 Å². The molecule has 2 rings (SSSR count). The molecule has 2 heterocycles. The van der Waals surface area contributed by atoms with Gasteiger partial charge < -0.3 is 25.8 Å². The summed E-state index contributed by atoms with van der Waals surface area (Å²) in [6.45, 7) is 3.12. The van der Waals surface area contributed by atoms with Crippen LogP contribution in [0.25, 0.3) is 0 Å². The third-order valence-corrected chi connectivity index (χ3v) is 3.99. The number of amides is 2. The SMILES string of the molecule is CC1(C(=O)O)COCC1NC(=O)N1CCCC(N)C1. The van der Waals surface area contributed by atoms with Crippen molar-refractivity contribution in [3.05, 3.63) is 0 Å². The van der Waals surface area contributed by atoms with E-state index in [1.165, 1.54) is 0 Å². The van der Waals surface area contributed by atoms with Gasteiger partial charge in [0, 0.05) is 19.1 Å². The van der Waals surface area contributed by atoms with Crippen molar-refractivity contribution in [3.63, 3.8) is 0 Å². The minimum Gasteiger partial charge on any atom is -0.481 e. The van der Waals surface area contributed by atoms with Crippen molar-refractivity contribution in [1.82, 2.24) is 10.2 Å². The lowest BCUT2D eigenvalue weighted by Crippen LogP contribution is -2.56. The molecule has 4 N–H and O–H groups in total. The Morgan fingerprint density at radius 3 is 2.89 bits per heavy atom. The van der Waals surface area contributed by atoms with Crippen LogP contribution in [-0.4, -0.2) is 60.4 Å². The second-order valence-corrected chi connectivity index (χ2v) is 5.59. The summed E-state index contributed by atoms with van der Waals surface area (Å²) in [4.78, 5) is 25.0. The molecule has 7 heteroatoms. The number of carboxylic acid groups (broad SMARTS) is 1. The van der Waals surface area contributed by atoms with Gasteiger partial charge in [0.1, 0.15) is 5.41 Å². The van der Waals surface area contributed by atoms with E-state index in [0.717, 1.165) is 12.8 Å². The second kappa shape index (κ2) is 5.34. The maximum atomic E-state index is 12.1. The number of hydrogen-bond donors (Lipinski definition) is 3. The highest BCUT2D eigenvalue weighted by Crippen LogP contribution is 2.28. The minimum atomic E-state index is -1.06. The molecule has 0 bridgehead atoms. The minimum absolute atomic E-state index is 0.00480. The van der Waals surface area contributed by atoms with E-state index in [2.05, 4.69) is 5.32 Å². The van der Waals surface area contributed by atoms with E-state index in [4.69, 9.17) is 10.5 Å². The Labute approximate surface area is 112 Å². The Hall–Kier alpha value is -1.34. The van der Waals surface area contributed by atoms with E-state index in [1.807, 2.05) is 0 Å². The summed E-state index contributed by atoms with van der Waals surface area (Å²) in [5, 5.41) is 12.0. The van der Waals surface area contributed by atoms with Crippen molar-refractivity contribution in [2.45, 2.75) is 31.8 Å². The lowest BCUT2D eigenvalue weighted by molar-refractivity contribution is -0.148. The summed E-state index contributed by atoms with van der Waals surface area (Å²) in [5.41, 5.74) is 4.77. The molecule has 2 fully saturated rings. The van der Waals surface area contributed by atoms with Crippen LogP contribution in [0.1, 0.15) is 19.8 Å². The highest BCUT2D eigenvalue weighted by atomic mass is 16.5. The Bertz CT molecular complexity index is 376. The van der Waals surface area contributed by atoms with E-state index in [-0.39, 0.29) is 25.3 Å². The number of carbonyl (C=O) groups excluding carboxylic acids is 1. The molecule has 3 atom stereocenters. The summed E-state index contributed by atoms with van der Waals surface area (Å²) in [7, 11) is 0. The van der Waals surface area contributed by atoms with E-state index < -0.39 is 17.4 Å². The highest BCUT2D eigenvalue weighted by molar-refractivity contribution is 5.79. The van der Waals surface area contributed by atoms with Gasteiger partial charge in [-0.1, -0.05) is 0 Å². The molecule has 19 heavy (non-hydrogen) atoms. The number of ether oxygens (including phenoxy) is 1. The van der Waals surface area contributed by atoms with E-state index in [0.29, 0.717) is 13.1 Å². The van der Waals surface area contributed by atoms with Gasteiger partial charge in [-0.25, -0.2) is 4.79 Å². The normalized spacial score (nSPS) is 35.2. The predicted octanol–water partition coefficient (Wildman–Crippen LogP) is -0.391. The lowest BCUT2D eigenvalue weighted by Gasteiger charge is -2.33. The molecule has 0 aromatic rings. The van der Waals surface area contributed by atoms with Crippen molar-refractivity contribution in [2.75, 3.05) is 26.3 Å². The number of nitrogens with one attached hydrogen (secondary N) is 1. The van der Waals surface area contributed by atoms with Gasteiger partial charge >= 0.3 is 12.0 Å². The van der Waals surface area contributed by atoms with Crippen molar-refractivity contribution in [2.24, 2.45) is 11.1 Å². The largest absolute Gasteiger partial charge is 0.481 e. The molecule has 3 unspecified atom stereocenters. The summed E-state index contributed by atoms with van der Waals surface area (Å²) in [5.74, 6) is -0.953. The molecule has 7 nitrogen and oxygen atoms in total. The second-order valence-electron chi connectivity index (χ2n) is 5.59. The Kier molecular flexibility index (Phi) is 3.96. The van der Waals surface area contributed by atoms with Gasteiger partial charge in [0.25, 0.3) is 0 Å². The molecule has 108 valence electrons. The molecule has 0 aromatic heterocycles. The molecule has 2 amide bonds. The van der Waals surface area contributed by atoms with E-state index in [1.54, 1.807) is 11.8 Å². The highest BCUT2D eigenvalue weighted by Gasteiger charge is 2.47. The van der Waals surface area contributed by atoms with Crippen molar-refractivity contribution in [3.8, 4) is 0 Å². The molecule has 0 aliphatic carbocycles. The number of rotatable bonds is 2. The standard InChI is InChI=1S/C12H21N3O4/c1-12(10(16)17)7-19-6-9(12)14-11(18)15-4-2-3-8(13)5-15/h8-9H,2-7,13H2,1H3,(H,14,18)(H,16,17). The maximum absolute atomic E-state index is 12.1. The van der Waals surface area contributed by atoms with Gasteiger partial charge in [-0.05, 0) is 19.8 Å². The van der Waals surface area contributed by atoms with Gasteiger partial charge in [-0.2, -0.15) is 0 Å². The van der Waals surface area contributed by atoms with Crippen LogP contribution in [0.15, 0.2) is 0 Å². The fourth-order valence-corrected chi connectivity index (χ4v) is 2.52. The Balaban J connectivity index is 1.96. The van der Waals surface area contributed by atoms with Crippen LogP contribution in [0.4, 0.5) is 4.79 Å². The summed E-state index contributed by atoms with van der Waals surface area (Å²) in [6.07, 6.45) is 1.80. The van der Waals surface area contributed by atoms with Gasteiger partial charge in [0.15, 0.2) is 0 Å². The fourth-order valence-electron chi connectivity index (χ4n) is 2.52. The summed E-state index contributed by atoms with van der Waals surface area (Å²) < 4.78 is 5.20. The fraction of sp³-hybridized carbons (Fsp3) is 0.833. The molecular weight excluding hydrogens is 250 g/mol. The number of carbonyl (C=O) groups is 2. The van der Waals surface area contributed by atoms with E-state index >= 15 is 0 Å². The molecule has 2 saturated heterocycles. The quantitative estimate of drug-likeness (QED) is 0.634. The first kappa shape index (κ1) is 14.1. The van der Waals surface area contributed by atoms with Crippen LogP contribution in [0.3, 0.4) is 0 Å². The van der Waals surface area contributed by atoms with Crippen LogP contribution in [0.5, 0.6) is 0 Å². The molecular formula is C12H21N3O4. The first-order valence-electron chi connectivity index (χ1n) is 6.55. The van der Waals surface area contributed by atoms with Gasteiger partial charge in [0.2, 0.25) is 0 Å². The number of nitrogens with zero attached hydrogens (tertiary/aromatic N) is 1. The average Bonchev–Trinajstić information content (AvgIpc) is 2.72. The number of urea groups is 1. The number of carboxylic acids is 1. The van der Waals surface area contributed by atoms with Gasteiger partial charge in [-0.3, -0.25) is 4.79 Å². The number of aliphatic carboxylic acids is 1. The van der Waals surface area contributed by atoms with Gasteiger partial charge in [-0.15, -0.1) is 0 Å². The average molecular weight is 271 g/mol. The summed E-state index contributed by atoms with van der Waals surface area (Å²) in [6, 6.07) is -0.751. The number of piperidine rings is 1. The Morgan fingerprint density at radius 1 is 1.53 bits per heavy atom. The predicted molar refractivity (Wildman–Crippen MR) is 67.7 cm³/mol. The zero-order chi connectivity index (χ0) is 14.0. The maximum Gasteiger partial charge on any atom is 0.317 e. The van der Waals surface area contributed by atoms with Crippen LogP contribution in [-0.2, 0) is 9.53 Å². The van der Waals surface area contributed by atoms with Crippen LogP contribution < -0.4 is 11.1 Å². The molecule has 0 radical (unpaired) electrons. The van der Waals surface area contributed by atoms with Crippen molar-refractivity contribution in [1.29, 1.82) is 0 Å². The molecule has 0 aromatic carbocycles. The van der Waals surface area contributed by atoms with Crippen LogP contribution in [0, 0.1) is 5.41 Å². The van der Waals surface area contributed by atoms with E-state index in [9.17, 15) is 14.7 Å². The zero-order valence-corrected chi connectivity index (χ0v) is 11.1.